The number of aryl methyl sites for hydroxylation is 1. The van der Waals surface area contributed by atoms with Crippen LogP contribution in [0.2, 0.25) is 0 Å². The molecule has 0 aliphatic rings. The zero-order valence-corrected chi connectivity index (χ0v) is 9.21. The van der Waals surface area contributed by atoms with Crippen molar-refractivity contribution in [2.75, 3.05) is 0 Å². The maximum Gasteiger partial charge on any atom is 0.337 e. The normalized spacial score (nSPS) is 12.9. The quantitative estimate of drug-likeness (QED) is 0.847. The number of rotatable bonds is 2. The minimum Gasteiger partial charge on any atom is -0.479 e. The van der Waals surface area contributed by atoms with Gasteiger partial charge in [0.2, 0.25) is 0 Å². The van der Waals surface area contributed by atoms with Crippen LogP contribution in [0.4, 0.5) is 4.39 Å². The van der Waals surface area contributed by atoms with Crippen molar-refractivity contribution in [2.45, 2.75) is 13.0 Å². The average molecular weight is 240 g/mol. The molecule has 0 spiro atoms. The van der Waals surface area contributed by atoms with Crippen molar-refractivity contribution in [3.05, 3.63) is 34.5 Å². The third-order valence-corrected chi connectivity index (χ3v) is 3.54. The number of fused-ring (bicyclic) bond motifs is 1. The number of hydrogen-bond acceptors (Lipinski definition) is 3. The van der Waals surface area contributed by atoms with Crippen molar-refractivity contribution in [3.63, 3.8) is 0 Å². The molecule has 2 N–H and O–H groups in total. The maximum absolute atomic E-state index is 13.4. The van der Waals surface area contributed by atoms with Gasteiger partial charge in [0.25, 0.3) is 0 Å². The Balaban J connectivity index is 2.74. The molecule has 0 aliphatic carbocycles. The van der Waals surface area contributed by atoms with E-state index in [-0.39, 0.29) is 5.56 Å². The zero-order chi connectivity index (χ0) is 11.9. The van der Waals surface area contributed by atoms with E-state index in [1.165, 1.54) is 12.1 Å². The first kappa shape index (κ1) is 11.0. The fraction of sp³-hybridized carbons (Fsp3) is 0.182. The summed E-state index contributed by atoms with van der Waals surface area (Å²) in [6.07, 6.45) is -1.60. The van der Waals surface area contributed by atoms with Gasteiger partial charge in [-0.25, -0.2) is 9.18 Å². The van der Waals surface area contributed by atoms with Crippen molar-refractivity contribution in [1.29, 1.82) is 0 Å². The number of aliphatic hydroxyl groups excluding tert-OH is 1. The van der Waals surface area contributed by atoms with Crippen LogP contribution in [0.15, 0.2) is 18.2 Å². The minimum absolute atomic E-state index is 0.284. The highest BCUT2D eigenvalue weighted by molar-refractivity contribution is 7.19. The molecule has 3 nitrogen and oxygen atoms in total. The lowest BCUT2D eigenvalue weighted by Gasteiger charge is -2.05. The van der Waals surface area contributed by atoms with Gasteiger partial charge in [0.05, 0.1) is 4.70 Å². The molecule has 84 valence electrons. The van der Waals surface area contributed by atoms with Crippen LogP contribution in [0.5, 0.6) is 0 Å². The Morgan fingerprint density at radius 1 is 1.50 bits per heavy atom. The molecule has 0 radical (unpaired) electrons. The number of carboxylic acid groups (broad SMARTS) is 1. The van der Waals surface area contributed by atoms with Crippen molar-refractivity contribution in [1.82, 2.24) is 0 Å². The molecule has 5 heteroatoms. The third kappa shape index (κ3) is 1.58. The first-order valence-electron chi connectivity index (χ1n) is 4.60. The SMILES string of the molecule is Cc1sc2c(F)cccc2c1C(O)C(=O)O. The smallest absolute Gasteiger partial charge is 0.337 e. The maximum atomic E-state index is 13.4. The number of thiophene rings is 1. The highest BCUT2D eigenvalue weighted by atomic mass is 32.1. The van der Waals surface area contributed by atoms with E-state index in [0.29, 0.717) is 15.0 Å². The van der Waals surface area contributed by atoms with Crippen molar-refractivity contribution in [3.8, 4) is 0 Å². The monoisotopic (exact) mass is 240 g/mol. The molecule has 0 saturated carbocycles. The summed E-state index contributed by atoms with van der Waals surface area (Å²) in [4.78, 5) is 11.4. The zero-order valence-electron chi connectivity index (χ0n) is 8.40. The molecule has 0 aliphatic heterocycles. The lowest BCUT2D eigenvalue weighted by molar-refractivity contribution is -0.146. The average Bonchev–Trinajstić information content (AvgIpc) is 2.55. The Morgan fingerprint density at radius 3 is 2.81 bits per heavy atom. The van der Waals surface area contributed by atoms with Crippen molar-refractivity contribution < 1.29 is 19.4 Å². The fourth-order valence-electron chi connectivity index (χ4n) is 1.69. The van der Waals surface area contributed by atoms with Crippen LogP contribution in [-0.4, -0.2) is 16.2 Å². The highest BCUT2D eigenvalue weighted by Gasteiger charge is 2.23. The summed E-state index contributed by atoms with van der Waals surface area (Å²) in [5.74, 6) is -1.72. The van der Waals surface area contributed by atoms with Gasteiger partial charge in [0.15, 0.2) is 6.10 Å². The van der Waals surface area contributed by atoms with Gasteiger partial charge >= 0.3 is 5.97 Å². The van der Waals surface area contributed by atoms with E-state index in [1.807, 2.05) is 0 Å². The number of aliphatic carboxylic acids is 1. The number of benzene rings is 1. The first-order valence-corrected chi connectivity index (χ1v) is 5.42. The summed E-state index contributed by atoms with van der Waals surface area (Å²) in [6, 6.07) is 4.43. The Morgan fingerprint density at radius 2 is 2.19 bits per heavy atom. The Labute approximate surface area is 94.8 Å². The molecule has 1 aromatic heterocycles. The lowest BCUT2D eigenvalue weighted by atomic mass is 10.1. The van der Waals surface area contributed by atoms with Crippen LogP contribution in [0.1, 0.15) is 16.5 Å². The van der Waals surface area contributed by atoms with Crippen LogP contribution in [-0.2, 0) is 4.79 Å². The standard InChI is InChI=1S/C11H9FO3S/c1-5-8(9(13)11(14)15)6-3-2-4-7(12)10(6)16-5/h2-4,9,13H,1H3,(H,14,15). The van der Waals surface area contributed by atoms with Gasteiger partial charge in [0.1, 0.15) is 5.82 Å². The van der Waals surface area contributed by atoms with Gasteiger partial charge in [-0.2, -0.15) is 0 Å². The fourth-order valence-corrected chi connectivity index (χ4v) is 2.78. The van der Waals surface area contributed by atoms with E-state index < -0.39 is 17.9 Å². The van der Waals surface area contributed by atoms with Crippen LogP contribution in [0.25, 0.3) is 10.1 Å². The molecule has 1 atom stereocenters. The molecule has 1 unspecified atom stereocenters. The largest absolute Gasteiger partial charge is 0.479 e. The molecule has 0 fully saturated rings. The Kier molecular flexibility index (Phi) is 2.65. The first-order chi connectivity index (χ1) is 7.52. The number of aliphatic hydroxyl groups is 1. The van der Waals surface area contributed by atoms with E-state index >= 15 is 0 Å². The topological polar surface area (TPSA) is 57.5 Å². The summed E-state index contributed by atoms with van der Waals surface area (Å²) >= 11 is 1.15. The Bertz CT molecular complexity index is 562. The van der Waals surface area contributed by atoms with Gasteiger partial charge in [-0.15, -0.1) is 11.3 Å². The van der Waals surface area contributed by atoms with Crippen molar-refractivity contribution >= 4 is 27.4 Å². The van der Waals surface area contributed by atoms with E-state index in [4.69, 9.17) is 5.11 Å². The second kappa shape index (κ2) is 3.84. The highest BCUT2D eigenvalue weighted by Crippen LogP contribution is 2.36. The molecule has 1 heterocycles. The van der Waals surface area contributed by atoms with Crippen LogP contribution < -0.4 is 0 Å². The third-order valence-electron chi connectivity index (χ3n) is 2.40. The molecule has 2 rings (SSSR count). The number of carbonyl (C=O) groups is 1. The minimum atomic E-state index is -1.60. The van der Waals surface area contributed by atoms with E-state index in [0.717, 1.165) is 11.3 Å². The lowest BCUT2D eigenvalue weighted by Crippen LogP contribution is -2.10. The molecule has 0 bridgehead atoms. The summed E-state index contributed by atoms with van der Waals surface area (Å²) in [7, 11) is 0. The van der Waals surface area contributed by atoms with E-state index in [2.05, 4.69) is 0 Å². The molecule has 16 heavy (non-hydrogen) atoms. The number of halogens is 1. The molecular formula is C11H9FO3S. The van der Waals surface area contributed by atoms with E-state index in [1.54, 1.807) is 13.0 Å². The van der Waals surface area contributed by atoms with Gasteiger partial charge < -0.3 is 10.2 Å². The van der Waals surface area contributed by atoms with E-state index in [9.17, 15) is 14.3 Å². The number of carboxylic acids is 1. The van der Waals surface area contributed by atoms with Gasteiger partial charge in [-0.3, -0.25) is 0 Å². The van der Waals surface area contributed by atoms with Crippen LogP contribution in [0, 0.1) is 12.7 Å². The molecular weight excluding hydrogens is 231 g/mol. The summed E-state index contributed by atoms with van der Waals surface area (Å²) < 4.78 is 13.8. The number of hydrogen-bond donors (Lipinski definition) is 2. The summed E-state index contributed by atoms with van der Waals surface area (Å²) in [5, 5.41) is 18.8. The van der Waals surface area contributed by atoms with Crippen LogP contribution >= 0.6 is 11.3 Å². The molecule has 2 aromatic rings. The predicted molar refractivity (Wildman–Crippen MR) is 59.1 cm³/mol. The second-order valence-corrected chi connectivity index (χ2v) is 4.65. The molecule has 0 amide bonds. The summed E-state index contributed by atoms with van der Waals surface area (Å²) in [5.41, 5.74) is 0.284. The molecule has 1 aromatic carbocycles. The van der Waals surface area contributed by atoms with Gasteiger partial charge in [0, 0.05) is 15.8 Å². The molecule has 0 saturated heterocycles. The Hall–Kier alpha value is -1.46. The second-order valence-electron chi connectivity index (χ2n) is 3.43. The van der Waals surface area contributed by atoms with Gasteiger partial charge in [-0.05, 0) is 13.0 Å². The summed E-state index contributed by atoms with van der Waals surface area (Å²) in [6.45, 7) is 1.67. The van der Waals surface area contributed by atoms with Crippen LogP contribution in [0.3, 0.4) is 0 Å². The van der Waals surface area contributed by atoms with Crippen molar-refractivity contribution in [2.24, 2.45) is 0 Å². The predicted octanol–water partition coefficient (Wildman–Crippen LogP) is 2.47. The van der Waals surface area contributed by atoms with Gasteiger partial charge in [-0.1, -0.05) is 12.1 Å².